The van der Waals surface area contributed by atoms with E-state index in [-0.39, 0.29) is 109 Å². The second-order valence-corrected chi connectivity index (χ2v) is 35.1. The second kappa shape index (κ2) is 62.4. The smallest absolute Gasteiger partial charge is 0.248 e. The van der Waals surface area contributed by atoms with Gasteiger partial charge in [0.2, 0.25) is 94.5 Å². The van der Waals surface area contributed by atoms with Gasteiger partial charge in [0.15, 0.2) is 0 Å². The van der Waals surface area contributed by atoms with Crippen molar-refractivity contribution < 1.29 is 81.8 Å². The Kier molecular flexibility index (Phi) is 53.6. The van der Waals surface area contributed by atoms with Crippen LogP contribution in [0.25, 0.3) is 0 Å². The summed E-state index contributed by atoms with van der Waals surface area (Å²) in [5.74, 6) is -14.4. The minimum absolute atomic E-state index is 0.00166. The molecule has 1 fully saturated rings. The molecule has 1 aliphatic rings. The van der Waals surface area contributed by atoms with Gasteiger partial charge in [0.05, 0.1) is 13.2 Å². The topological polar surface area (TPSA) is 647 Å². The predicted octanol–water partition coefficient (Wildman–Crippen LogP) is -1.22. The lowest BCUT2D eigenvalue weighted by molar-refractivity contribution is -0.143. The van der Waals surface area contributed by atoms with Gasteiger partial charge in [0.25, 0.3) is 0 Å². The SMILES string of the molecule is CC[C@H](C)[C@H](NC(=O)[C@H](CCCCN)NC(=O)[C@@H](CCCCN)NC(=O)[C@@H](NC(=O)[C@H](CCCCN)NC(=O)[C@@H](C)NC(=O)[C@H](Cc1ccccc1)NC(=O)[C@H](Cc1ccccc1)NC(=O)CN)[C@@H](C)CC)C(=O)N[C@H](C(=O)N[C@H](CCCCN)C(=O)N[C@@H](CO)C(=O)N1CCC[C@H]1C(=O)N[C@@H](CC(C)C)C(=O)N[C@@H](Cc1ccccc1)C(=O)N[C@@H](CCCCN)C(N)=O)[C@@H](C)CC. The lowest BCUT2D eigenvalue weighted by Crippen LogP contribution is -2.62. The Hall–Kier alpha value is -11.1. The van der Waals surface area contributed by atoms with Gasteiger partial charge in [-0.15, -0.1) is 0 Å². The molecule has 39 nitrogen and oxygen atoms in total. The van der Waals surface area contributed by atoms with E-state index in [2.05, 4.69) is 74.4 Å². The van der Waals surface area contributed by atoms with E-state index in [0.29, 0.717) is 107 Å². The molecule has 0 spiro atoms. The number of aliphatic hydroxyl groups is 1. The molecule has 4 rings (SSSR count). The molecule has 18 atom stereocenters. The lowest BCUT2D eigenvalue weighted by Gasteiger charge is -2.32. The number of hydrogen-bond donors (Lipinski definition) is 22. The highest BCUT2D eigenvalue weighted by molar-refractivity contribution is 6.01. The number of carbonyl (C=O) groups excluding carboxylic acids is 16. The van der Waals surface area contributed by atoms with E-state index in [1.807, 2.05) is 13.8 Å². The molecular weight excluding hydrogens is 1710 g/mol. The second-order valence-electron chi connectivity index (χ2n) is 35.1. The minimum Gasteiger partial charge on any atom is -0.394 e. The Morgan fingerprint density at radius 3 is 0.985 bits per heavy atom. The number of aliphatic hydroxyl groups excluding tert-OH is 1. The molecule has 0 aromatic heterocycles. The highest BCUT2D eigenvalue weighted by atomic mass is 16.3. The van der Waals surface area contributed by atoms with Crippen LogP contribution in [0.2, 0.25) is 0 Å². The number of nitrogens with one attached hydrogen (secondary N) is 14. The summed E-state index contributed by atoms with van der Waals surface area (Å²) in [6.07, 6.45) is 5.65. The number of likely N-dealkylation sites (tertiary alicyclic amines) is 1. The van der Waals surface area contributed by atoms with E-state index in [0.717, 1.165) is 0 Å². The fourth-order valence-electron chi connectivity index (χ4n) is 15.3. The summed E-state index contributed by atoms with van der Waals surface area (Å²) in [6.45, 7) is 15.3. The van der Waals surface area contributed by atoms with E-state index < -0.39 is 216 Å². The molecule has 0 saturated carbocycles. The molecule has 0 aliphatic carbocycles. The standard InChI is InChI=1S/C94H154N22O17/c1-10-58(6)77(113-84(123)68(42-25-30-48-98)105-81(120)61(9)102-86(125)72(53-63-35-18-14-19-36-63)109-88(127)71(103-76(118)55-100)52-62-33-16-13-17-34-62)91(130)107-66(40-23-28-46-96)82(121)106-69(43-26-31-49-99)85(124)114-79(60(8)12-3)93(132)115-78(59(7)11-2)92(131)108-67(41-24-29-47-97)83(122)112-74(56-117)94(133)116-50-32-44-75(116)90(129)111-70(51-57(4)5)87(126)110-73(54-64-37-20-15-21-38-64)89(128)104-65(80(101)119)39-22-27-45-95/h13-21,33-38,57-61,65-75,77-79,117H,10-12,22-32,39-56,95-100H2,1-9H3,(H2,101,119)(H,102,125)(H,103,118)(H,104,128)(H,105,120)(H,106,121)(H,107,130)(H,108,131)(H,109,127)(H,110,126)(H,111,129)(H,112,122)(H,113,123)(H,114,124)(H,115,132)/t58-,59-,60-,61+,65-,66+,67+,68-,69-,70-,71-,72-,73-,74-,75-,77-,78-,79-/m0/s1. The monoisotopic (exact) mass is 1860 g/mol. The molecule has 3 aromatic rings. The highest BCUT2D eigenvalue weighted by Crippen LogP contribution is 2.23. The molecule has 133 heavy (non-hydrogen) atoms. The summed E-state index contributed by atoms with van der Waals surface area (Å²) in [5, 5.41) is 49.4. The number of hydrogen-bond acceptors (Lipinski definition) is 23. The summed E-state index contributed by atoms with van der Waals surface area (Å²) in [7, 11) is 0. The van der Waals surface area contributed by atoms with Crippen LogP contribution >= 0.6 is 0 Å². The van der Waals surface area contributed by atoms with Crippen LogP contribution in [0.5, 0.6) is 0 Å². The van der Waals surface area contributed by atoms with Crippen LogP contribution in [0.1, 0.15) is 214 Å². The Morgan fingerprint density at radius 1 is 0.346 bits per heavy atom. The molecule has 0 radical (unpaired) electrons. The summed E-state index contributed by atoms with van der Waals surface area (Å²) in [6, 6.07) is 6.88. The maximum absolute atomic E-state index is 15.0. The molecule has 0 unspecified atom stereocenters. The third kappa shape index (κ3) is 40.3. The first-order valence-corrected chi connectivity index (χ1v) is 47.3. The van der Waals surface area contributed by atoms with Gasteiger partial charge in [-0.05, 0) is 196 Å². The fraction of sp³-hybridized carbons (Fsp3) is 0.638. The van der Waals surface area contributed by atoms with Crippen molar-refractivity contribution in [3.63, 3.8) is 0 Å². The van der Waals surface area contributed by atoms with Gasteiger partial charge in [0, 0.05) is 25.8 Å². The zero-order chi connectivity index (χ0) is 98.7. The first-order chi connectivity index (χ1) is 63.6. The molecule has 0 bridgehead atoms. The van der Waals surface area contributed by atoms with E-state index in [1.54, 1.807) is 133 Å². The number of primary amides is 1. The number of unbranched alkanes of at least 4 members (excludes halogenated alkanes) is 5. The van der Waals surface area contributed by atoms with Crippen molar-refractivity contribution >= 4 is 94.5 Å². The number of nitrogens with two attached hydrogens (primary N) is 7. The van der Waals surface area contributed by atoms with Gasteiger partial charge in [-0.1, -0.05) is 166 Å². The molecule has 1 aliphatic heterocycles. The summed E-state index contributed by atoms with van der Waals surface area (Å²) >= 11 is 0. The summed E-state index contributed by atoms with van der Waals surface area (Å²) in [5.41, 5.74) is 42.7. The zero-order valence-corrected chi connectivity index (χ0v) is 79.2. The number of carbonyl (C=O) groups is 16. The molecule has 742 valence electrons. The minimum atomic E-state index is -1.66. The number of amides is 16. The summed E-state index contributed by atoms with van der Waals surface area (Å²) < 4.78 is 0. The van der Waals surface area contributed by atoms with Crippen LogP contribution in [0.4, 0.5) is 0 Å². The third-order valence-electron chi connectivity index (χ3n) is 24.0. The Labute approximate surface area is 782 Å². The maximum Gasteiger partial charge on any atom is 0.248 e. The van der Waals surface area contributed by atoms with E-state index in [4.69, 9.17) is 40.1 Å². The van der Waals surface area contributed by atoms with Crippen molar-refractivity contribution in [2.75, 3.05) is 52.4 Å². The number of benzene rings is 3. The average Bonchev–Trinajstić information content (AvgIpc) is 1.73. The van der Waals surface area contributed by atoms with Crippen LogP contribution in [-0.2, 0) is 96.0 Å². The van der Waals surface area contributed by atoms with Gasteiger partial charge in [-0.25, -0.2) is 0 Å². The normalized spacial score (nSPS) is 16.3. The molecule has 16 amide bonds. The Morgan fingerprint density at radius 2 is 0.639 bits per heavy atom. The van der Waals surface area contributed by atoms with Crippen LogP contribution in [-0.4, -0.2) is 248 Å². The van der Waals surface area contributed by atoms with Crippen molar-refractivity contribution in [2.45, 2.75) is 307 Å². The summed E-state index contributed by atoms with van der Waals surface area (Å²) in [4.78, 5) is 230. The predicted molar refractivity (Wildman–Crippen MR) is 506 cm³/mol. The quantitative estimate of drug-likeness (QED) is 0.0295. The van der Waals surface area contributed by atoms with E-state index >= 15 is 0 Å². The van der Waals surface area contributed by atoms with Crippen LogP contribution in [0.3, 0.4) is 0 Å². The molecule has 1 heterocycles. The molecular formula is C94H154N22O17. The maximum atomic E-state index is 15.0. The molecule has 29 N–H and O–H groups in total. The van der Waals surface area contributed by atoms with Gasteiger partial charge in [-0.3, -0.25) is 76.7 Å². The zero-order valence-electron chi connectivity index (χ0n) is 79.2. The van der Waals surface area contributed by atoms with Crippen LogP contribution in [0, 0.1) is 23.7 Å². The van der Waals surface area contributed by atoms with Crippen molar-refractivity contribution in [1.82, 2.24) is 79.3 Å². The average molecular weight is 1860 g/mol. The largest absolute Gasteiger partial charge is 0.394 e. The van der Waals surface area contributed by atoms with Gasteiger partial charge in [-0.2, -0.15) is 0 Å². The van der Waals surface area contributed by atoms with Gasteiger partial charge >= 0.3 is 0 Å². The fourth-order valence-corrected chi connectivity index (χ4v) is 15.3. The Bertz CT molecular complexity index is 4140. The molecule has 3 aromatic carbocycles. The highest BCUT2D eigenvalue weighted by Gasteiger charge is 2.43. The Balaban J connectivity index is 1.56. The first kappa shape index (κ1) is 114. The van der Waals surface area contributed by atoms with Crippen molar-refractivity contribution in [2.24, 2.45) is 63.8 Å². The molecule has 1 saturated heterocycles. The van der Waals surface area contributed by atoms with Crippen molar-refractivity contribution in [1.29, 1.82) is 0 Å². The third-order valence-corrected chi connectivity index (χ3v) is 24.0. The van der Waals surface area contributed by atoms with Crippen molar-refractivity contribution in [3.8, 4) is 0 Å². The number of rotatable bonds is 65. The molecule has 39 heteroatoms. The van der Waals surface area contributed by atoms with E-state index in [9.17, 15) is 81.8 Å². The number of nitrogens with zero attached hydrogens (tertiary/aromatic N) is 1. The first-order valence-electron chi connectivity index (χ1n) is 47.3. The van der Waals surface area contributed by atoms with Gasteiger partial charge in [0.1, 0.15) is 90.6 Å². The van der Waals surface area contributed by atoms with Gasteiger partial charge < -0.3 is 125 Å². The van der Waals surface area contributed by atoms with Crippen molar-refractivity contribution in [3.05, 3.63) is 108 Å². The van der Waals surface area contributed by atoms with Crippen LogP contribution in [0.15, 0.2) is 91.0 Å². The lowest BCUT2D eigenvalue weighted by atomic mass is 9.94. The van der Waals surface area contributed by atoms with Crippen LogP contribution < -0.4 is 115 Å². The van der Waals surface area contributed by atoms with E-state index in [1.165, 1.54) is 11.8 Å².